The van der Waals surface area contributed by atoms with Crippen LogP contribution >= 0.6 is 0 Å². The molecule has 0 spiro atoms. The number of piperazine rings is 1. The highest BCUT2D eigenvalue weighted by molar-refractivity contribution is 5.95. The van der Waals surface area contributed by atoms with E-state index in [4.69, 9.17) is 5.26 Å². The standard InChI is InChI=1S/C28H27F3N6O2/c29-28(30,31)19-37-15-14-36(18-25(37)38)23-10-11-24(34-17-23)35-27(39)26(22-4-2-1-3-5-22)33-13-12-20-6-8-21(16-32)9-7-20/h1-11,17,26,33H,12-15,18-19H2,(H,34,35,39). The van der Waals surface area contributed by atoms with Crippen molar-refractivity contribution in [3.05, 3.63) is 89.6 Å². The monoisotopic (exact) mass is 536 g/mol. The summed E-state index contributed by atoms with van der Waals surface area (Å²) in [6, 6.07) is 21.2. The molecule has 0 bridgehead atoms. The summed E-state index contributed by atoms with van der Waals surface area (Å²) in [5.41, 5.74) is 2.97. The number of nitrogens with one attached hydrogen (secondary N) is 2. The molecule has 1 fully saturated rings. The number of nitrogens with zero attached hydrogens (tertiary/aromatic N) is 4. The van der Waals surface area contributed by atoms with Crippen molar-refractivity contribution in [2.45, 2.75) is 18.6 Å². The Morgan fingerprint density at radius 1 is 1.05 bits per heavy atom. The van der Waals surface area contributed by atoms with Gasteiger partial charge in [0.25, 0.3) is 0 Å². The zero-order valence-corrected chi connectivity index (χ0v) is 21.0. The number of carbonyl (C=O) groups excluding carboxylic acids is 2. The van der Waals surface area contributed by atoms with E-state index in [2.05, 4.69) is 21.7 Å². The summed E-state index contributed by atoms with van der Waals surface area (Å²) < 4.78 is 38.0. The maximum atomic E-state index is 13.2. The Morgan fingerprint density at radius 2 is 1.79 bits per heavy atom. The van der Waals surface area contributed by atoms with Crippen LogP contribution in [0, 0.1) is 11.3 Å². The average molecular weight is 537 g/mol. The Bertz CT molecular complexity index is 1310. The first kappa shape index (κ1) is 27.6. The van der Waals surface area contributed by atoms with Gasteiger partial charge in [-0.25, -0.2) is 4.98 Å². The van der Waals surface area contributed by atoms with Gasteiger partial charge >= 0.3 is 6.18 Å². The smallest absolute Gasteiger partial charge is 0.359 e. The lowest BCUT2D eigenvalue weighted by molar-refractivity contribution is -0.161. The quantitative estimate of drug-likeness (QED) is 0.433. The first-order valence-electron chi connectivity index (χ1n) is 12.4. The van der Waals surface area contributed by atoms with Gasteiger partial charge < -0.3 is 20.4 Å². The van der Waals surface area contributed by atoms with E-state index in [-0.39, 0.29) is 25.5 Å². The summed E-state index contributed by atoms with van der Waals surface area (Å²) in [4.78, 5) is 32.1. The van der Waals surface area contributed by atoms with Crippen LogP contribution < -0.4 is 15.5 Å². The van der Waals surface area contributed by atoms with Gasteiger partial charge in [0, 0.05) is 19.6 Å². The summed E-state index contributed by atoms with van der Waals surface area (Å²) in [6.45, 7) is -0.715. The number of anilines is 2. The molecule has 2 N–H and O–H groups in total. The molecule has 1 atom stereocenters. The van der Waals surface area contributed by atoms with Gasteiger partial charge in [-0.15, -0.1) is 0 Å². The van der Waals surface area contributed by atoms with Crippen molar-refractivity contribution in [1.29, 1.82) is 5.26 Å². The van der Waals surface area contributed by atoms with E-state index >= 15 is 0 Å². The molecule has 2 amide bonds. The number of rotatable bonds is 9. The van der Waals surface area contributed by atoms with Crippen LogP contribution in [0.25, 0.3) is 0 Å². The average Bonchev–Trinajstić information content (AvgIpc) is 2.93. The molecule has 11 heteroatoms. The Hall–Kier alpha value is -4.43. The van der Waals surface area contributed by atoms with Gasteiger partial charge in [-0.1, -0.05) is 42.5 Å². The first-order chi connectivity index (χ1) is 18.7. The second kappa shape index (κ2) is 12.4. The number of nitriles is 1. The van der Waals surface area contributed by atoms with Crippen LogP contribution in [-0.2, 0) is 16.0 Å². The number of aromatic nitrogens is 1. The van der Waals surface area contributed by atoms with Crippen molar-refractivity contribution in [3.8, 4) is 6.07 Å². The summed E-state index contributed by atoms with van der Waals surface area (Å²) >= 11 is 0. The second-order valence-electron chi connectivity index (χ2n) is 9.10. The minimum absolute atomic E-state index is 0.0380. The lowest BCUT2D eigenvalue weighted by Crippen LogP contribution is -2.53. The Kier molecular flexibility index (Phi) is 8.78. The normalized spacial score (nSPS) is 14.6. The fraction of sp³-hybridized carbons (Fsp3) is 0.286. The molecule has 1 aromatic heterocycles. The molecule has 2 aromatic carbocycles. The third kappa shape index (κ3) is 7.78. The lowest BCUT2D eigenvalue weighted by Gasteiger charge is -2.35. The van der Waals surface area contributed by atoms with Gasteiger partial charge in [0.1, 0.15) is 18.4 Å². The second-order valence-corrected chi connectivity index (χ2v) is 9.10. The highest BCUT2D eigenvalue weighted by Crippen LogP contribution is 2.22. The van der Waals surface area contributed by atoms with Crippen molar-refractivity contribution >= 4 is 23.3 Å². The summed E-state index contributed by atoms with van der Waals surface area (Å²) in [7, 11) is 0. The Labute approximate surface area is 224 Å². The van der Waals surface area contributed by atoms with Crippen LogP contribution in [0.4, 0.5) is 24.7 Å². The first-order valence-corrected chi connectivity index (χ1v) is 12.4. The van der Waals surface area contributed by atoms with Gasteiger partial charge in [0.2, 0.25) is 11.8 Å². The fourth-order valence-corrected chi connectivity index (χ4v) is 4.27. The molecule has 1 unspecified atom stereocenters. The number of pyridine rings is 1. The van der Waals surface area contributed by atoms with E-state index in [1.165, 1.54) is 6.20 Å². The van der Waals surface area contributed by atoms with Crippen LogP contribution in [0.2, 0.25) is 0 Å². The van der Waals surface area contributed by atoms with Crippen molar-refractivity contribution in [2.24, 2.45) is 0 Å². The molecular formula is C28H27F3N6O2. The number of carbonyl (C=O) groups is 2. The third-order valence-electron chi connectivity index (χ3n) is 6.29. The minimum atomic E-state index is -4.44. The van der Waals surface area contributed by atoms with Crippen molar-refractivity contribution in [1.82, 2.24) is 15.2 Å². The molecule has 3 aromatic rings. The number of benzene rings is 2. The molecule has 0 aliphatic carbocycles. The summed E-state index contributed by atoms with van der Waals surface area (Å²) in [6.07, 6.45) is -2.29. The molecular weight excluding hydrogens is 509 g/mol. The van der Waals surface area contributed by atoms with Crippen molar-refractivity contribution < 1.29 is 22.8 Å². The Morgan fingerprint density at radius 3 is 2.41 bits per heavy atom. The molecule has 0 radical (unpaired) electrons. The molecule has 0 saturated carbocycles. The molecule has 8 nitrogen and oxygen atoms in total. The third-order valence-corrected chi connectivity index (χ3v) is 6.29. The zero-order chi connectivity index (χ0) is 27.8. The molecule has 39 heavy (non-hydrogen) atoms. The summed E-state index contributed by atoms with van der Waals surface area (Å²) in [5, 5.41) is 15.1. The van der Waals surface area contributed by atoms with E-state index in [9.17, 15) is 22.8 Å². The maximum Gasteiger partial charge on any atom is 0.406 e. The van der Waals surface area contributed by atoms with Crippen LogP contribution in [0.1, 0.15) is 22.7 Å². The molecule has 1 aliphatic rings. The highest BCUT2D eigenvalue weighted by atomic mass is 19.4. The number of amides is 2. The zero-order valence-electron chi connectivity index (χ0n) is 21.0. The van der Waals surface area contributed by atoms with Crippen molar-refractivity contribution in [2.75, 3.05) is 42.9 Å². The topological polar surface area (TPSA) is 101 Å². The van der Waals surface area contributed by atoms with E-state index in [0.717, 1.165) is 16.0 Å². The summed E-state index contributed by atoms with van der Waals surface area (Å²) in [5.74, 6) is -0.605. The van der Waals surface area contributed by atoms with Crippen LogP contribution in [0.5, 0.6) is 0 Å². The highest BCUT2D eigenvalue weighted by Gasteiger charge is 2.35. The van der Waals surface area contributed by atoms with Gasteiger partial charge in [0.05, 0.1) is 30.1 Å². The number of hydrogen-bond donors (Lipinski definition) is 2. The van der Waals surface area contributed by atoms with E-state index in [1.807, 2.05) is 42.5 Å². The van der Waals surface area contributed by atoms with Crippen LogP contribution in [0.3, 0.4) is 0 Å². The fourth-order valence-electron chi connectivity index (χ4n) is 4.27. The molecule has 202 valence electrons. The van der Waals surface area contributed by atoms with Crippen LogP contribution in [0.15, 0.2) is 72.9 Å². The van der Waals surface area contributed by atoms with E-state index in [1.54, 1.807) is 29.2 Å². The minimum Gasteiger partial charge on any atom is -0.359 e. The number of hydrogen-bond acceptors (Lipinski definition) is 6. The van der Waals surface area contributed by atoms with Gasteiger partial charge in [0.15, 0.2) is 0 Å². The molecule has 2 heterocycles. The molecule has 4 rings (SSSR count). The van der Waals surface area contributed by atoms with E-state index < -0.39 is 24.7 Å². The van der Waals surface area contributed by atoms with Gasteiger partial charge in [-0.2, -0.15) is 18.4 Å². The van der Waals surface area contributed by atoms with Gasteiger partial charge in [-0.05, 0) is 41.8 Å². The predicted molar refractivity (Wildman–Crippen MR) is 140 cm³/mol. The SMILES string of the molecule is N#Cc1ccc(CCNC(C(=O)Nc2ccc(N3CCN(CC(F)(F)F)C(=O)C3)cn2)c2ccccc2)cc1. The molecule has 1 saturated heterocycles. The van der Waals surface area contributed by atoms with Crippen molar-refractivity contribution in [3.63, 3.8) is 0 Å². The van der Waals surface area contributed by atoms with E-state index in [0.29, 0.717) is 30.0 Å². The number of halogens is 3. The lowest BCUT2D eigenvalue weighted by atomic mass is 10.1. The van der Waals surface area contributed by atoms with Gasteiger partial charge in [-0.3, -0.25) is 9.59 Å². The maximum absolute atomic E-state index is 13.2. The Balaban J connectivity index is 1.36. The largest absolute Gasteiger partial charge is 0.406 e. The number of alkyl halides is 3. The van der Waals surface area contributed by atoms with Crippen LogP contribution in [-0.4, -0.2) is 60.6 Å². The molecule has 1 aliphatic heterocycles. The predicted octanol–water partition coefficient (Wildman–Crippen LogP) is 3.68.